The molecule has 23 heavy (non-hydrogen) atoms. The third kappa shape index (κ3) is 3.95. The Labute approximate surface area is 137 Å². The average molecular weight is 315 g/mol. The van der Waals surface area contributed by atoms with Crippen molar-refractivity contribution >= 4 is 0 Å². The predicted octanol–water partition coefficient (Wildman–Crippen LogP) is 2.17. The lowest BCUT2D eigenvalue weighted by atomic mass is 10.0. The summed E-state index contributed by atoms with van der Waals surface area (Å²) in [4.78, 5) is 2.41. The van der Waals surface area contributed by atoms with E-state index in [-0.39, 0.29) is 0 Å². The molecule has 0 bridgehead atoms. The Kier molecular flexibility index (Phi) is 5.35. The minimum atomic E-state index is -0.409. The number of likely N-dealkylation sites (tertiary alicyclic amines) is 1. The molecule has 1 fully saturated rings. The number of rotatable bonds is 7. The molecule has 0 spiro atoms. The fraction of sp³-hybridized carbons (Fsp3) is 0.588. The number of benzene rings is 1. The molecule has 0 saturated carbocycles. The second kappa shape index (κ2) is 7.66. The summed E-state index contributed by atoms with van der Waals surface area (Å²) < 4.78 is 1.89. The summed E-state index contributed by atoms with van der Waals surface area (Å²) in [6, 6.07) is 10.3. The van der Waals surface area contributed by atoms with Crippen LogP contribution in [0.25, 0.3) is 0 Å². The van der Waals surface area contributed by atoms with E-state index in [1.165, 1.54) is 6.42 Å². The minimum Gasteiger partial charge on any atom is -0.388 e. The standard InChI is InChI=1S/C17H25N5O/c1-2-10-22-17(18-19-20-22)13-21-11-6-9-15(21)12-16(23)14-7-4-3-5-8-14/h3-5,7-8,15-16,23H,2,6,9-13H2,1H3. The highest BCUT2D eigenvalue weighted by molar-refractivity contribution is 5.17. The summed E-state index contributed by atoms with van der Waals surface area (Å²) >= 11 is 0. The van der Waals surface area contributed by atoms with Crippen molar-refractivity contribution in [3.8, 4) is 0 Å². The Bertz CT molecular complexity index is 600. The molecule has 2 unspecified atom stereocenters. The van der Waals surface area contributed by atoms with Crippen LogP contribution in [0.5, 0.6) is 0 Å². The summed E-state index contributed by atoms with van der Waals surface area (Å²) in [5, 5.41) is 22.5. The van der Waals surface area contributed by atoms with Gasteiger partial charge in [0.25, 0.3) is 0 Å². The smallest absolute Gasteiger partial charge is 0.165 e. The lowest BCUT2D eigenvalue weighted by molar-refractivity contribution is 0.116. The van der Waals surface area contributed by atoms with Gasteiger partial charge in [0.05, 0.1) is 12.6 Å². The number of aryl methyl sites for hydroxylation is 1. The van der Waals surface area contributed by atoms with Gasteiger partial charge in [-0.05, 0) is 48.2 Å². The van der Waals surface area contributed by atoms with Crippen molar-refractivity contribution in [1.82, 2.24) is 25.1 Å². The van der Waals surface area contributed by atoms with Crippen LogP contribution in [-0.4, -0.2) is 42.8 Å². The molecule has 1 aromatic heterocycles. The first-order chi connectivity index (χ1) is 11.3. The van der Waals surface area contributed by atoms with Crippen LogP contribution in [0.2, 0.25) is 0 Å². The number of aliphatic hydroxyl groups excluding tert-OH is 1. The molecule has 124 valence electrons. The fourth-order valence-corrected chi connectivity index (χ4v) is 3.34. The van der Waals surface area contributed by atoms with Crippen molar-refractivity contribution < 1.29 is 5.11 Å². The number of hydrogen-bond acceptors (Lipinski definition) is 5. The molecule has 1 aliphatic heterocycles. The molecule has 0 radical (unpaired) electrons. The van der Waals surface area contributed by atoms with Gasteiger partial charge in [0, 0.05) is 12.6 Å². The van der Waals surface area contributed by atoms with Gasteiger partial charge >= 0.3 is 0 Å². The van der Waals surface area contributed by atoms with E-state index >= 15 is 0 Å². The van der Waals surface area contributed by atoms with Crippen LogP contribution in [0.15, 0.2) is 30.3 Å². The highest BCUT2D eigenvalue weighted by atomic mass is 16.3. The van der Waals surface area contributed by atoms with Gasteiger partial charge in [-0.2, -0.15) is 0 Å². The molecule has 6 heteroatoms. The number of aromatic nitrogens is 4. The van der Waals surface area contributed by atoms with Crippen LogP contribution in [0.4, 0.5) is 0 Å². The molecule has 3 rings (SSSR count). The third-order valence-electron chi connectivity index (χ3n) is 4.56. The second-order valence-electron chi connectivity index (χ2n) is 6.25. The van der Waals surface area contributed by atoms with E-state index in [1.54, 1.807) is 0 Å². The van der Waals surface area contributed by atoms with E-state index in [1.807, 2.05) is 35.0 Å². The van der Waals surface area contributed by atoms with Crippen LogP contribution in [-0.2, 0) is 13.1 Å². The fourth-order valence-electron chi connectivity index (χ4n) is 3.34. The maximum absolute atomic E-state index is 10.5. The zero-order valence-corrected chi connectivity index (χ0v) is 13.7. The Morgan fingerprint density at radius 3 is 2.91 bits per heavy atom. The summed E-state index contributed by atoms with van der Waals surface area (Å²) in [6.45, 7) is 4.79. The summed E-state index contributed by atoms with van der Waals surface area (Å²) in [5.74, 6) is 0.924. The van der Waals surface area contributed by atoms with Crippen molar-refractivity contribution in [1.29, 1.82) is 0 Å². The van der Waals surface area contributed by atoms with E-state index < -0.39 is 6.10 Å². The number of tetrazole rings is 1. The number of nitrogens with zero attached hydrogens (tertiary/aromatic N) is 5. The van der Waals surface area contributed by atoms with E-state index in [0.717, 1.165) is 50.3 Å². The Morgan fingerprint density at radius 2 is 2.13 bits per heavy atom. The van der Waals surface area contributed by atoms with Crippen molar-refractivity contribution in [3.05, 3.63) is 41.7 Å². The molecule has 1 saturated heterocycles. The van der Waals surface area contributed by atoms with E-state index in [9.17, 15) is 5.11 Å². The molecular weight excluding hydrogens is 290 g/mol. The first kappa shape index (κ1) is 16.1. The van der Waals surface area contributed by atoms with Gasteiger partial charge in [0.15, 0.2) is 5.82 Å². The van der Waals surface area contributed by atoms with Crippen LogP contribution in [0.1, 0.15) is 50.1 Å². The molecule has 2 atom stereocenters. The van der Waals surface area contributed by atoms with Gasteiger partial charge < -0.3 is 5.11 Å². The topological polar surface area (TPSA) is 67.1 Å². The highest BCUT2D eigenvalue weighted by Crippen LogP contribution is 2.28. The Hall–Kier alpha value is -1.79. The minimum absolute atomic E-state index is 0.386. The van der Waals surface area contributed by atoms with E-state index in [0.29, 0.717) is 6.04 Å². The van der Waals surface area contributed by atoms with Crippen LogP contribution in [0, 0.1) is 0 Å². The molecule has 2 aromatic rings. The third-order valence-corrected chi connectivity index (χ3v) is 4.56. The molecule has 6 nitrogen and oxygen atoms in total. The summed E-state index contributed by atoms with van der Waals surface area (Å²) in [5.41, 5.74) is 0.996. The second-order valence-corrected chi connectivity index (χ2v) is 6.25. The van der Waals surface area contributed by atoms with Gasteiger partial charge in [0.2, 0.25) is 0 Å². The van der Waals surface area contributed by atoms with Gasteiger partial charge in [-0.15, -0.1) is 5.10 Å². The molecule has 1 N–H and O–H groups in total. The predicted molar refractivity (Wildman–Crippen MR) is 87.6 cm³/mol. The van der Waals surface area contributed by atoms with Crippen LogP contribution >= 0.6 is 0 Å². The summed E-state index contributed by atoms with van der Waals surface area (Å²) in [6.07, 6.45) is 3.67. The molecule has 0 amide bonds. The Morgan fingerprint density at radius 1 is 1.30 bits per heavy atom. The van der Waals surface area contributed by atoms with Gasteiger partial charge in [0.1, 0.15) is 0 Å². The van der Waals surface area contributed by atoms with Gasteiger partial charge in [-0.25, -0.2) is 4.68 Å². The van der Waals surface area contributed by atoms with Crippen LogP contribution in [0.3, 0.4) is 0 Å². The quantitative estimate of drug-likeness (QED) is 0.848. The van der Waals surface area contributed by atoms with Crippen LogP contribution < -0.4 is 0 Å². The molecule has 1 aliphatic rings. The molecule has 2 heterocycles. The molecule has 0 aliphatic carbocycles. The SMILES string of the molecule is CCCn1nnnc1CN1CCCC1CC(O)c1ccccc1. The largest absolute Gasteiger partial charge is 0.388 e. The monoisotopic (exact) mass is 315 g/mol. The maximum atomic E-state index is 10.5. The highest BCUT2D eigenvalue weighted by Gasteiger charge is 2.28. The molecule has 1 aromatic carbocycles. The number of aliphatic hydroxyl groups is 1. The Balaban J connectivity index is 1.62. The number of hydrogen-bond donors (Lipinski definition) is 1. The zero-order chi connectivity index (χ0) is 16.1. The maximum Gasteiger partial charge on any atom is 0.165 e. The average Bonchev–Trinajstić information content (AvgIpc) is 3.19. The van der Waals surface area contributed by atoms with Crippen molar-refractivity contribution in [3.63, 3.8) is 0 Å². The molecular formula is C17H25N5O. The summed E-state index contributed by atoms with van der Waals surface area (Å²) in [7, 11) is 0. The van der Waals surface area contributed by atoms with Crippen molar-refractivity contribution in [2.45, 2.75) is 57.8 Å². The van der Waals surface area contributed by atoms with Gasteiger partial charge in [-0.1, -0.05) is 37.3 Å². The lowest BCUT2D eigenvalue weighted by Crippen LogP contribution is -2.31. The normalized spacial score (nSPS) is 20.0. The van der Waals surface area contributed by atoms with Crippen molar-refractivity contribution in [2.24, 2.45) is 0 Å². The van der Waals surface area contributed by atoms with E-state index in [2.05, 4.69) is 27.3 Å². The first-order valence-corrected chi connectivity index (χ1v) is 8.50. The van der Waals surface area contributed by atoms with Gasteiger partial charge in [-0.3, -0.25) is 4.90 Å². The first-order valence-electron chi connectivity index (χ1n) is 8.50. The zero-order valence-electron chi connectivity index (χ0n) is 13.7. The van der Waals surface area contributed by atoms with E-state index in [4.69, 9.17) is 0 Å². The lowest BCUT2D eigenvalue weighted by Gasteiger charge is -2.26. The van der Waals surface area contributed by atoms with Crippen molar-refractivity contribution in [2.75, 3.05) is 6.54 Å².